The van der Waals surface area contributed by atoms with Crippen LogP contribution in [0.25, 0.3) is 0 Å². The fraction of sp³-hybridized carbons (Fsp3) is 1.00. The van der Waals surface area contributed by atoms with E-state index in [4.69, 9.17) is 9.05 Å². The Morgan fingerprint density at radius 3 is 1.64 bits per heavy atom. The third kappa shape index (κ3) is 10.2. The van der Waals surface area contributed by atoms with Crippen molar-refractivity contribution in [2.24, 2.45) is 0 Å². The fourth-order valence-electron chi connectivity index (χ4n) is 3.12. The summed E-state index contributed by atoms with van der Waals surface area (Å²) in [6.07, 6.45) is 19.0. The number of hydrogen-bond acceptors (Lipinski definition) is 2. The van der Waals surface area contributed by atoms with Gasteiger partial charge in [0.25, 0.3) is 0 Å². The Kier molecular flexibility index (Phi) is 13.8. The minimum absolute atomic E-state index is 0.587. The van der Waals surface area contributed by atoms with Crippen molar-refractivity contribution in [2.45, 2.75) is 109 Å². The number of unbranched alkanes of at least 4 members (excludes halogenated alkanes) is 9. The lowest BCUT2D eigenvalue weighted by Crippen LogP contribution is -2.15. The molecule has 1 atom stereocenters. The van der Waals surface area contributed by atoms with Crippen molar-refractivity contribution >= 4 is 8.38 Å². The molecule has 1 heterocycles. The van der Waals surface area contributed by atoms with Crippen molar-refractivity contribution in [1.29, 1.82) is 0 Å². The molecule has 0 radical (unpaired) electrons. The summed E-state index contributed by atoms with van der Waals surface area (Å²) < 4.78 is 11.9. The van der Waals surface area contributed by atoms with Crippen LogP contribution < -0.4 is 0 Å². The van der Waals surface area contributed by atoms with E-state index in [-0.39, 0.29) is 0 Å². The Morgan fingerprint density at radius 1 is 0.682 bits per heavy atom. The summed E-state index contributed by atoms with van der Waals surface area (Å²) in [5.41, 5.74) is 0.697. The Hall–Kier alpha value is 0.350. The molecule has 2 nitrogen and oxygen atoms in total. The topological polar surface area (TPSA) is 18.5 Å². The van der Waals surface area contributed by atoms with E-state index in [1.165, 1.54) is 83.5 Å². The van der Waals surface area contributed by atoms with E-state index < -0.39 is 8.38 Å². The Balaban J connectivity index is 2.18. The van der Waals surface area contributed by atoms with Crippen LogP contribution in [0.2, 0.25) is 0 Å². The van der Waals surface area contributed by atoms with Crippen molar-refractivity contribution < 1.29 is 9.05 Å². The Labute approximate surface area is 140 Å². The van der Waals surface area contributed by atoms with Gasteiger partial charge in [0, 0.05) is 5.66 Å². The zero-order valence-corrected chi connectivity index (χ0v) is 16.0. The average molecular weight is 330 g/mol. The van der Waals surface area contributed by atoms with Gasteiger partial charge in [-0.25, -0.2) is 0 Å². The molecule has 1 unspecified atom stereocenters. The van der Waals surface area contributed by atoms with Gasteiger partial charge in [-0.1, -0.05) is 84.5 Å². The van der Waals surface area contributed by atoms with E-state index in [1.54, 1.807) is 0 Å². The van der Waals surface area contributed by atoms with Crippen LogP contribution in [-0.2, 0) is 9.05 Å². The molecule has 0 aromatic carbocycles. The zero-order valence-electron chi connectivity index (χ0n) is 15.2. The molecule has 22 heavy (non-hydrogen) atoms. The molecule has 1 saturated heterocycles. The highest BCUT2D eigenvalue weighted by Crippen LogP contribution is 2.50. The molecule has 3 heteroatoms. The molecule has 0 bridgehead atoms. The monoisotopic (exact) mass is 330 g/mol. The first-order chi connectivity index (χ1) is 10.9. The molecule has 0 spiro atoms. The van der Waals surface area contributed by atoms with Crippen LogP contribution in [-0.4, -0.2) is 18.9 Å². The second-order valence-electron chi connectivity index (χ2n) is 6.72. The molecule has 1 rings (SSSR count). The molecule has 0 N–H and O–H groups in total. The number of rotatable bonds is 14. The third-order valence-corrected chi connectivity index (χ3v) is 6.54. The van der Waals surface area contributed by atoms with Gasteiger partial charge in [-0.15, -0.1) is 0 Å². The molecule has 1 fully saturated rings. The Bertz CT molecular complexity index is 229. The molecular formula is C19H39O2P. The van der Waals surface area contributed by atoms with Gasteiger partial charge in [0.05, 0.1) is 13.2 Å². The van der Waals surface area contributed by atoms with Gasteiger partial charge in [-0.2, -0.15) is 0 Å². The van der Waals surface area contributed by atoms with Gasteiger partial charge in [-0.3, -0.25) is 0 Å². The van der Waals surface area contributed by atoms with Crippen LogP contribution in [0.5, 0.6) is 0 Å². The molecule has 0 amide bonds. The van der Waals surface area contributed by atoms with Crippen LogP contribution in [0.3, 0.4) is 0 Å². The summed E-state index contributed by atoms with van der Waals surface area (Å²) >= 11 is 0. The molecule has 0 saturated carbocycles. The van der Waals surface area contributed by atoms with Gasteiger partial charge < -0.3 is 9.05 Å². The van der Waals surface area contributed by atoms with Crippen LogP contribution >= 0.6 is 8.38 Å². The Morgan fingerprint density at radius 2 is 1.14 bits per heavy atom. The summed E-state index contributed by atoms with van der Waals surface area (Å²) in [6.45, 7) is 6.42. The van der Waals surface area contributed by atoms with Crippen LogP contribution in [0, 0.1) is 0 Å². The zero-order chi connectivity index (χ0) is 15.9. The minimum atomic E-state index is -0.587. The van der Waals surface area contributed by atoms with E-state index in [9.17, 15) is 0 Å². The van der Waals surface area contributed by atoms with E-state index in [0.717, 1.165) is 19.6 Å². The second-order valence-corrected chi connectivity index (χ2v) is 8.54. The third-order valence-electron chi connectivity index (χ3n) is 4.56. The van der Waals surface area contributed by atoms with Crippen molar-refractivity contribution in [1.82, 2.24) is 0 Å². The van der Waals surface area contributed by atoms with E-state index in [2.05, 4.69) is 13.8 Å². The average Bonchev–Trinajstić information content (AvgIpc) is 2.56. The van der Waals surface area contributed by atoms with Gasteiger partial charge in [0.15, 0.2) is 8.38 Å². The first kappa shape index (κ1) is 20.4. The summed E-state index contributed by atoms with van der Waals surface area (Å²) in [7, 11) is -0.587. The standard InChI is InChI=1S/C19H39O2P/c1-3-5-7-9-11-13-16-19(15-12-10-8-6-4-2)22-20-17-14-18-21-22/h19H,3-18H2,1-2H3. The van der Waals surface area contributed by atoms with Crippen molar-refractivity contribution in [2.75, 3.05) is 13.2 Å². The highest BCUT2D eigenvalue weighted by molar-refractivity contribution is 7.48. The maximum Gasteiger partial charge on any atom is 0.173 e. The lowest BCUT2D eigenvalue weighted by atomic mass is 10.0. The first-order valence-electron chi connectivity index (χ1n) is 9.93. The quantitative estimate of drug-likeness (QED) is 0.247. The van der Waals surface area contributed by atoms with Crippen LogP contribution in [0.1, 0.15) is 104 Å². The predicted octanol–water partition coefficient (Wildman–Crippen LogP) is 7.21. The van der Waals surface area contributed by atoms with E-state index >= 15 is 0 Å². The highest BCUT2D eigenvalue weighted by atomic mass is 31.2. The van der Waals surface area contributed by atoms with Crippen molar-refractivity contribution in [3.05, 3.63) is 0 Å². The largest absolute Gasteiger partial charge is 0.334 e. The summed E-state index contributed by atoms with van der Waals surface area (Å²) in [4.78, 5) is 0. The maximum atomic E-state index is 5.96. The number of hydrogen-bond donors (Lipinski definition) is 0. The van der Waals surface area contributed by atoms with Gasteiger partial charge in [0.1, 0.15) is 0 Å². The van der Waals surface area contributed by atoms with Crippen LogP contribution in [0.15, 0.2) is 0 Å². The second kappa shape index (κ2) is 14.9. The van der Waals surface area contributed by atoms with E-state index in [0.29, 0.717) is 5.66 Å². The lowest BCUT2D eigenvalue weighted by Gasteiger charge is -2.29. The maximum absolute atomic E-state index is 5.96. The van der Waals surface area contributed by atoms with Crippen molar-refractivity contribution in [3.63, 3.8) is 0 Å². The van der Waals surface area contributed by atoms with Gasteiger partial charge in [-0.05, 0) is 19.3 Å². The first-order valence-corrected chi connectivity index (χ1v) is 11.2. The fourth-order valence-corrected chi connectivity index (χ4v) is 5.02. The molecule has 0 aromatic rings. The van der Waals surface area contributed by atoms with Crippen LogP contribution in [0.4, 0.5) is 0 Å². The summed E-state index contributed by atoms with van der Waals surface area (Å²) in [5.74, 6) is 0. The molecule has 1 aliphatic heterocycles. The lowest BCUT2D eigenvalue weighted by molar-refractivity contribution is 0.174. The van der Waals surface area contributed by atoms with Gasteiger partial charge >= 0.3 is 0 Å². The molecule has 0 aliphatic carbocycles. The SMILES string of the molecule is CCCCCCCCC(CCCCCCC)P1OCCCO1. The van der Waals surface area contributed by atoms with Gasteiger partial charge in [0.2, 0.25) is 0 Å². The molecule has 132 valence electrons. The minimum Gasteiger partial charge on any atom is -0.334 e. The van der Waals surface area contributed by atoms with Crippen molar-refractivity contribution in [3.8, 4) is 0 Å². The summed E-state index contributed by atoms with van der Waals surface area (Å²) in [6, 6.07) is 0. The molecule has 0 aromatic heterocycles. The normalized spacial score (nSPS) is 17.7. The smallest absolute Gasteiger partial charge is 0.173 e. The molecular weight excluding hydrogens is 291 g/mol. The van der Waals surface area contributed by atoms with E-state index in [1.807, 2.05) is 0 Å². The molecule has 1 aliphatic rings. The highest BCUT2D eigenvalue weighted by Gasteiger charge is 2.25. The predicted molar refractivity (Wildman–Crippen MR) is 98.6 cm³/mol. The summed E-state index contributed by atoms with van der Waals surface area (Å²) in [5, 5.41) is 0.